The van der Waals surface area contributed by atoms with Crippen LogP contribution in [0.3, 0.4) is 0 Å². The van der Waals surface area contributed by atoms with E-state index in [0.717, 1.165) is 6.07 Å². The second-order valence-corrected chi connectivity index (χ2v) is 7.70. The minimum absolute atomic E-state index is 0.0549. The van der Waals surface area contributed by atoms with Crippen molar-refractivity contribution in [1.82, 2.24) is 0 Å². The Morgan fingerprint density at radius 1 is 1.33 bits per heavy atom. The highest BCUT2D eigenvalue weighted by molar-refractivity contribution is 14.1. The van der Waals surface area contributed by atoms with Crippen LogP contribution in [0.4, 0.5) is 18.9 Å². The van der Waals surface area contributed by atoms with Gasteiger partial charge in [0.25, 0.3) is 5.91 Å². The molecule has 3 nitrogen and oxygen atoms in total. The predicted molar refractivity (Wildman–Crippen MR) is 110 cm³/mol. The van der Waals surface area contributed by atoms with E-state index in [4.69, 9.17) is 11.2 Å². The highest BCUT2D eigenvalue weighted by Crippen LogP contribution is 2.40. The SMILES string of the molecule is C#CCN1C(=O)[C@H](C)Oc2cc(F)c(-c3c(F)c(F)c(C)c(I)c3P)cc21. The van der Waals surface area contributed by atoms with E-state index in [0.29, 0.717) is 8.87 Å². The van der Waals surface area contributed by atoms with Crippen LogP contribution in [0.2, 0.25) is 0 Å². The first-order chi connectivity index (χ1) is 12.7. The van der Waals surface area contributed by atoms with Gasteiger partial charge in [-0.3, -0.25) is 9.69 Å². The zero-order valence-corrected chi connectivity index (χ0v) is 17.7. The molecular formula is C19H14F3INO2P. The summed E-state index contributed by atoms with van der Waals surface area (Å²) in [6, 6.07) is 2.33. The molecule has 0 saturated carbocycles. The van der Waals surface area contributed by atoms with Gasteiger partial charge >= 0.3 is 0 Å². The molecule has 0 fully saturated rings. The van der Waals surface area contributed by atoms with Gasteiger partial charge < -0.3 is 4.74 Å². The first-order valence-electron chi connectivity index (χ1n) is 7.86. The van der Waals surface area contributed by atoms with Crippen LogP contribution in [0.5, 0.6) is 5.75 Å². The molecule has 1 unspecified atom stereocenters. The maximum atomic E-state index is 14.8. The zero-order valence-electron chi connectivity index (χ0n) is 14.4. The summed E-state index contributed by atoms with van der Waals surface area (Å²) < 4.78 is 49.7. The van der Waals surface area contributed by atoms with Gasteiger partial charge in [-0.1, -0.05) is 5.92 Å². The van der Waals surface area contributed by atoms with Crippen molar-refractivity contribution in [3.05, 3.63) is 38.7 Å². The van der Waals surface area contributed by atoms with Gasteiger partial charge in [-0.2, -0.15) is 0 Å². The van der Waals surface area contributed by atoms with Crippen LogP contribution in [0.15, 0.2) is 12.1 Å². The Morgan fingerprint density at radius 2 is 2.00 bits per heavy atom. The topological polar surface area (TPSA) is 29.5 Å². The van der Waals surface area contributed by atoms with E-state index in [9.17, 15) is 18.0 Å². The monoisotopic (exact) mass is 503 g/mol. The minimum Gasteiger partial charge on any atom is -0.479 e. The molecule has 0 saturated heterocycles. The maximum absolute atomic E-state index is 14.8. The molecule has 0 spiro atoms. The molecule has 140 valence electrons. The highest BCUT2D eigenvalue weighted by atomic mass is 127. The summed E-state index contributed by atoms with van der Waals surface area (Å²) in [5, 5.41) is 0.325. The fraction of sp³-hybridized carbons (Fsp3) is 0.211. The van der Waals surface area contributed by atoms with E-state index >= 15 is 0 Å². The van der Waals surface area contributed by atoms with Crippen molar-refractivity contribution in [2.45, 2.75) is 20.0 Å². The van der Waals surface area contributed by atoms with Gasteiger partial charge in [-0.05, 0) is 47.8 Å². The first-order valence-corrected chi connectivity index (χ1v) is 9.52. The van der Waals surface area contributed by atoms with Crippen LogP contribution < -0.4 is 14.9 Å². The van der Waals surface area contributed by atoms with Crippen molar-refractivity contribution in [1.29, 1.82) is 0 Å². The molecule has 0 bridgehead atoms. The van der Waals surface area contributed by atoms with E-state index < -0.39 is 29.5 Å². The second-order valence-electron chi connectivity index (χ2n) is 6.04. The van der Waals surface area contributed by atoms with Crippen molar-refractivity contribution < 1.29 is 22.7 Å². The molecule has 0 N–H and O–H groups in total. The third kappa shape index (κ3) is 3.19. The van der Waals surface area contributed by atoms with Crippen LogP contribution >= 0.6 is 31.8 Å². The lowest BCUT2D eigenvalue weighted by atomic mass is 10.00. The van der Waals surface area contributed by atoms with Crippen LogP contribution in [0, 0.1) is 40.3 Å². The lowest BCUT2D eigenvalue weighted by Crippen LogP contribution is -2.44. The summed E-state index contributed by atoms with van der Waals surface area (Å²) in [4.78, 5) is 13.6. The second kappa shape index (κ2) is 7.33. The minimum atomic E-state index is -1.16. The number of carbonyl (C=O) groups is 1. The molecule has 27 heavy (non-hydrogen) atoms. The summed E-state index contributed by atoms with van der Waals surface area (Å²) >= 11 is 1.88. The molecule has 2 atom stereocenters. The largest absolute Gasteiger partial charge is 0.479 e. The van der Waals surface area contributed by atoms with E-state index in [1.54, 1.807) is 0 Å². The van der Waals surface area contributed by atoms with Gasteiger partial charge in [0.1, 0.15) is 11.6 Å². The number of hydrogen-bond acceptors (Lipinski definition) is 2. The quantitative estimate of drug-likeness (QED) is 0.269. The number of rotatable bonds is 2. The summed E-state index contributed by atoms with van der Waals surface area (Å²) in [5.41, 5.74) is -0.0469. The van der Waals surface area contributed by atoms with E-state index in [1.807, 2.05) is 22.6 Å². The average Bonchev–Trinajstić information content (AvgIpc) is 2.63. The maximum Gasteiger partial charge on any atom is 0.268 e. The lowest BCUT2D eigenvalue weighted by molar-refractivity contribution is -0.125. The van der Waals surface area contributed by atoms with Crippen molar-refractivity contribution in [3.63, 3.8) is 0 Å². The van der Waals surface area contributed by atoms with Gasteiger partial charge in [-0.15, -0.1) is 15.7 Å². The van der Waals surface area contributed by atoms with E-state index in [1.165, 1.54) is 24.8 Å². The third-order valence-electron chi connectivity index (χ3n) is 4.35. The molecule has 1 amide bonds. The Labute approximate surface area is 170 Å². The number of anilines is 1. The van der Waals surface area contributed by atoms with Crippen LogP contribution in [-0.2, 0) is 4.79 Å². The van der Waals surface area contributed by atoms with Gasteiger partial charge in [-0.25, -0.2) is 13.2 Å². The Balaban J connectivity index is 2.30. The van der Waals surface area contributed by atoms with E-state index in [2.05, 4.69) is 15.2 Å². The molecule has 1 aliphatic rings. The van der Waals surface area contributed by atoms with Crippen LogP contribution in [0.25, 0.3) is 11.1 Å². The number of amides is 1. The lowest BCUT2D eigenvalue weighted by Gasteiger charge is -2.32. The van der Waals surface area contributed by atoms with Gasteiger partial charge in [0.15, 0.2) is 17.7 Å². The number of fused-ring (bicyclic) bond motifs is 1. The summed E-state index contributed by atoms with van der Waals surface area (Å²) in [5.74, 6) is -0.901. The molecule has 2 aromatic rings. The summed E-state index contributed by atoms with van der Waals surface area (Å²) in [7, 11) is 2.32. The number of carbonyl (C=O) groups excluding carboxylic acids is 1. The number of benzene rings is 2. The third-order valence-corrected chi connectivity index (χ3v) is 6.91. The molecule has 1 aliphatic heterocycles. The Morgan fingerprint density at radius 3 is 2.63 bits per heavy atom. The van der Waals surface area contributed by atoms with Crippen molar-refractivity contribution in [2.24, 2.45) is 0 Å². The normalized spacial score (nSPS) is 16.0. The average molecular weight is 503 g/mol. The number of halogens is 4. The van der Waals surface area contributed by atoms with Crippen LogP contribution in [-0.4, -0.2) is 18.6 Å². The van der Waals surface area contributed by atoms with Gasteiger partial charge in [0.2, 0.25) is 0 Å². The van der Waals surface area contributed by atoms with E-state index in [-0.39, 0.29) is 34.7 Å². The molecule has 3 rings (SSSR count). The Hall–Kier alpha value is -1.78. The molecule has 2 aromatic carbocycles. The zero-order chi connectivity index (χ0) is 20.0. The van der Waals surface area contributed by atoms with Gasteiger partial charge in [0, 0.05) is 26.3 Å². The summed E-state index contributed by atoms with van der Waals surface area (Å²) in [6.07, 6.45) is 4.50. The van der Waals surface area contributed by atoms with Crippen molar-refractivity contribution >= 4 is 48.7 Å². The molecule has 0 radical (unpaired) electrons. The van der Waals surface area contributed by atoms with Crippen molar-refractivity contribution in [3.8, 4) is 29.2 Å². The molecule has 0 aliphatic carbocycles. The molecular weight excluding hydrogens is 489 g/mol. The summed E-state index contributed by atoms with van der Waals surface area (Å²) in [6.45, 7) is 2.92. The number of ether oxygens (including phenoxy) is 1. The number of nitrogens with zero attached hydrogens (tertiary/aromatic N) is 1. The van der Waals surface area contributed by atoms with Gasteiger partial charge in [0.05, 0.1) is 12.2 Å². The van der Waals surface area contributed by atoms with Crippen LogP contribution in [0.1, 0.15) is 12.5 Å². The number of hydrogen-bond donors (Lipinski definition) is 0. The molecule has 1 heterocycles. The molecule has 0 aromatic heterocycles. The highest BCUT2D eigenvalue weighted by Gasteiger charge is 2.33. The fourth-order valence-corrected chi connectivity index (χ4v) is 3.94. The Kier molecular flexibility index (Phi) is 5.42. The first kappa shape index (κ1) is 20.0. The van der Waals surface area contributed by atoms with Crippen molar-refractivity contribution in [2.75, 3.05) is 11.4 Å². The Bertz CT molecular complexity index is 990. The number of terminal acetylenes is 1. The predicted octanol–water partition coefficient (Wildman–Crippen LogP) is 3.93. The smallest absolute Gasteiger partial charge is 0.268 e. The standard InChI is InChI=1S/C19H14F3INO2P/c1-4-5-24-12-6-10(11(20)7-13(12)26-9(3)19(24)25)14-16(22)15(21)8(2)17(23)18(14)27/h1,6-7,9H,5,27H2,2-3H3/t9-/m0/s1. The fourth-order valence-electron chi connectivity index (χ4n) is 2.94. The molecule has 8 heteroatoms.